The van der Waals surface area contributed by atoms with Gasteiger partial charge in [-0.2, -0.15) is 0 Å². The lowest BCUT2D eigenvalue weighted by molar-refractivity contribution is -0.120. The second-order valence-corrected chi connectivity index (χ2v) is 4.72. The summed E-state index contributed by atoms with van der Waals surface area (Å²) >= 11 is 3.28. The van der Waals surface area contributed by atoms with E-state index >= 15 is 0 Å². The van der Waals surface area contributed by atoms with Crippen molar-refractivity contribution in [1.29, 1.82) is 0 Å². The predicted octanol–water partition coefficient (Wildman–Crippen LogP) is 1.52. The fourth-order valence-electron chi connectivity index (χ4n) is 1.37. The summed E-state index contributed by atoms with van der Waals surface area (Å²) in [4.78, 5) is 15.8. The Balaban J connectivity index is 2.03. The number of nitrogens with zero attached hydrogens (tertiary/aromatic N) is 1. The summed E-state index contributed by atoms with van der Waals surface area (Å²) in [5, 5.41) is 2.77. The minimum Gasteiger partial charge on any atom is -0.329 e. The van der Waals surface area contributed by atoms with E-state index in [0.717, 1.165) is 17.3 Å². The fourth-order valence-corrected chi connectivity index (χ4v) is 1.61. The molecule has 1 saturated carbocycles. The molecular formula is C10H12BrN3O. The molecule has 0 aromatic carbocycles. The van der Waals surface area contributed by atoms with E-state index in [1.165, 1.54) is 0 Å². The van der Waals surface area contributed by atoms with Gasteiger partial charge in [0.05, 0.1) is 5.41 Å². The van der Waals surface area contributed by atoms with Crippen LogP contribution in [0.1, 0.15) is 12.8 Å². The molecule has 0 atom stereocenters. The van der Waals surface area contributed by atoms with Gasteiger partial charge in [0.15, 0.2) is 0 Å². The number of nitrogens with one attached hydrogen (secondary N) is 1. The molecule has 1 aliphatic carbocycles. The van der Waals surface area contributed by atoms with Crippen LogP contribution in [-0.4, -0.2) is 17.4 Å². The molecular weight excluding hydrogens is 258 g/mol. The number of amides is 1. The van der Waals surface area contributed by atoms with Gasteiger partial charge >= 0.3 is 0 Å². The maximum atomic E-state index is 11.8. The molecule has 1 aromatic rings. The Morgan fingerprint density at radius 2 is 2.33 bits per heavy atom. The van der Waals surface area contributed by atoms with Gasteiger partial charge in [0.2, 0.25) is 5.91 Å². The topological polar surface area (TPSA) is 68.0 Å². The number of hydrogen-bond donors (Lipinski definition) is 2. The van der Waals surface area contributed by atoms with E-state index in [2.05, 4.69) is 26.2 Å². The lowest BCUT2D eigenvalue weighted by Gasteiger charge is -2.11. The van der Waals surface area contributed by atoms with Gasteiger partial charge in [-0.1, -0.05) is 0 Å². The highest BCUT2D eigenvalue weighted by atomic mass is 79.9. The molecule has 1 heterocycles. The van der Waals surface area contributed by atoms with Crippen molar-refractivity contribution in [2.45, 2.75) is 12.8 Å². The van der Waals surface area contributed by atoms with Crippen molar-refractivity contribution in [3.8, 4) is 0 Å². The van der Waals surface area contributed by atoms with Crippen molar-refractivity contribution >= 4 is 27.7 Å². The Kier molecular flexibility index (Phi) is 2.75. The van der Waals surface area contributed by atoms with Crippen molar-refractivity contribution < 1.29 is 4.79 Å². The standard InChI is InChI=1S/C10H12BrN3O/c11-7-1-2-8(13-5-7)14-9(15)10(6-12)3-4-10/h1-2,5H,3-4,6,12H2,(H,13,14,15). The first-order valence-corrected chi connectivity index (χ1v) is 5.59. The summed E-state index contributed by atoms with van der Waals surface area (Å²) in [5.41, 5.74) is 5.23. The molecule has 0 saturated heterocycles. The third-order valence-corrected chi connectivity index (χ3v) is 3.16. The number of rotatable bonds is 3. The molecule has 80 valence electrons. The van der Waals surface area contributed by atoms with E-state index < -0.39 is 0 Å². The number of nitrogens with two attached hydrogens (primary N) is 1. The summed E-state index contributed by atoms with van der Waals surface area (Å²) in [5.74, 6) is 0.558. The van der Waals surface area contributed by atoms with Crippen LogP contribution in [0, 0.1) is 5.41 Å². The van der Waals surface area contributed by atoms with E-state index in [1.54, 1.807) is 12.3 Å². The van der Waals surface area contributed by atoms with Crippen LogP contribution in [0.2, 0.25) is 0 Å². The Labute approximate surface area is 96.4 Å². The maximum absolute atomic E-state index is 11.8. The van der Waals surface area contributed by atoms with E-state index in [-0.39, 0.29) is 11.3 Å². The largest absolute Gasteiger partial charge is 0.329 e. The third-order valence-electron chi connectivity index (χ3n) is 2.69. The zero-order chi connectivity index (χ0) is 10.9. The lowest BCUT2D eigenvalue weighted by Crippen LogP contribution is -2.31. The summed E-state index contributed by atoms with van der Waals surface area (Å²) in [6.07, 6.45) is 3.41. The third kappa shape index (κ3) is 2.18. The maximum Gasteiger partial charge on any atom is 0.233 e. The van der Waals surface area contributed by atoms with E-state index in [0.29, 0.717) is 12.4 Å². The molecule has 3 N–H and O–H groups in total. The van der Waals surface area contributed by atoms with Gasteiger partial charge in [-0.25, -0.2) is 4.98 Å². The van der Waals surface area contributed by atoms with Crippen molar-refractivity contribution in [3.05, 3.63) is 22.8 Å². The summed E-state index contributed by atoms with van der Waals surface area (Å²) in [7, 11) is 0. The highest BCUT2D eigenvalue weighted by Crippen LogP contribution is 2.45. The van der Waals surface area contributed by atoms with Crippen molar-refractivity contribution in [1.82, 2.24) is 4.98 Å². The number of carbonyl (C=O) groups is 1. The van der Waals surface area contributed by atoms with Crippen molar-refractivity contribution in [2.75, 3.05) is 11.9 Å². The quantitative estimate of drug-likeness (QED) is 0.875. The van der Waals surface area contributed by atoms with Crippen molar-refractivity contribution in [3.63, 3.8) is 0 Å². The average molecular weight is 270 g/mol. The van der Waals surface area contributed by atoms with Crippen LogP contribution in [0.25, 0.3) is 0 Å². The van der Waals surface area contributed by atoms with E-state index in [4.69, 9.17) is 5.73 Å². The van der Waals surface area contributed by atoms with Gasteiger partial charge in [-0.15, -0.1) is 0 Å². The molecule has 2 rings (SSSR count). The fraction of sp³-hybridized carbons (Fsp3) is 0.400. The van der Waals surface area contributed by atoms with Crippen LogP contribution >= 0.6 is 15.9 Å². The summed E-state index contributed by atoms with van der Waals surface area (Å²) < 4.78 is 0.889. The normalized spacial score (nSPS) is 17.2. The molecule has 0 radical (unpaired) electrons. The number of carbonyl (C=O) groups excluding carboxylic acids is 1. The Morgan fingerprint density at radius 1 is 1.60 bits per heavy atom. The van der Waals surface area contributed by atoms with Gasteiger partial charge in [-0.3, -0.25) is 4.79 Å². The molecule has 0 spiro atoms. The second-order valence-electron chi connectivity index (χ2n) is 3.80. The number of halogens is 1. The molecule has 1 amide bonds. The number of hydrogen-bond acceptors (Lipinski definition) is 3. The first-order chi connectivity index (χ1) is 7.16. The average Bonchev–Trinajstić information content (AvgIpc) is 3.02. The van der Waals surface area contributed by atoms with Gasteiger partial charge in [0.25, 0.3) is 0 Å². The number of aromatic nitrogens is 1. The first-order valence-electron chi connectivity index (χ1n) is 4.79. The summed E-state index contributed by atoms with van der Waals surface area (Å²) in [6.45, 7) is 0.412. The highest BCUT2D eigenvalue weighted by molar-refractivity contribution is 9.10. The van der Waals surface area contributed by atoms with Crippen LogP contribution in [0.5, 0.6) is 0 Å². The highest BCUT2D eigenvalue weighted by Gasteiger charge is 2.48. The molecule has 0 bridgehead atoms. The molecule has 1 fully saturated rings. The molecule has 4 nitrogen and oxygen atoms in total. The van der Waals surface area contributed by atoms with E-state index in [1.807, 2.05) is 6.07 Å². The van der Waals surface area contributed by atoms with Gasteiger partial charge in [0.1, 0.15) is 5.82 Å². The smallest absolute Gasteiger partial charge is 0.233 e. The van der Waals surface area contributed by atoms with Gasteiger partial charge in [-0.05, 0) is 40.9 Å². The molecule has 5 heteroatoms. The van der Waals surface area contributed by atoms with Crippen LogP contribution in [0.4, 0.5) is 5.82 Å². The molecule has 15 heavy (non-hydrogen) atoms. The van der Waals surface area contributed by atoms with Crippen LogP contribution in [0.15, 0.2) is 22.8 Å². The second kappa shape index (κ2) is 3.90. The monoisotopic (exact) mass is 269 g/mol. The number of pyridine rings is 1. The van der Waals surface area contributed by atoms with Crippen LogP contribution < -0.4 is 11.1 Å². The minimum absolute atomic E-state index is 0.0141. The Hall–Kier alpha value is -0.940. The zero-order valence-electron chi connectivity index (χ0n) is 8.16. The molecule has 0 unspecified atom stereocenters. The molecule has 0 aliphatic heterocycles. The van der Waals surface area contributed by atoms with Crippen LogP contribution in [-0.2, 0) is 4.79 Å². The number of anilines is 1. The Bertz CT molecular complexity index is 373. The van der Waals surface area contributed by atoms with Crippen molar-refractivity contribution in [2.24, 2.45) is 11.1 Å². The first kappa shape index (κ1) is 10.6. The minimum atomic E-state index is -0.325. The molecule has 1 aromatic heterocycles. The zero-order valence-corrected chi connectivity index (χ0v) is 9.75. The van der Waals surface area contributed by atoms with Gasteiger partial charge < -0.3 is 11.1 Å². The lowest BCUT2D eigenvalue weighted by atomic mass is 10.1. The molecule has 1 aliphatic rings. The SMILES string of the molecule is NCC1(C(=O)Nc2ccc(Br)cn2)CC1. The summed E-state index contributed by atoms with van der Waals surface area (Å²) in [6, 6.07) is 3.60. The van der Waals surface area contributed by atoms with E-state index in [9.17, 15) is 4.79 Å². The predicted molar refractivity (Wildman–Crippen MR) is 61.3 cm³/mol. The Morgan fingerprint density at radius 3 is 2.80 bits per heavy atom. The van der Waals surface area contributed by atoms with Gasteiger partial charge in [0, 0.05) is 17.2 Å². The van der Waals surface area contributed by atoms with Crippen LogP contribution in [0.3, 0.4) is 0 Å².